The van der Waals surface area contributed by atoms with E-state index in [1.165, 1.54) is 182 Å². The van der Waals surface area contributed by atoms with Crippen molar-refractivity contribution in [1.82, 2.24) is 18.3 Å². The first-order valence-electron chi connectivity index (χ1n) is 37.8. The van der Waals surface area contributed by atoms with Gasteiger partial charge in [-0.1, -0.05) is 311 Å². The van der Waals surface area contributed by atoms with Crippen molar-refractivity contribution >= 4 is 87.2 Å². The lowest BCUT2D eigenvalue weighted by Crippen LogP contribution is -2.15. The number of nitrogens with zero attached hydrogens (tertiary/aromatic N) is 4. The average molecular weight is 1390 g/mol. The molecule has 21 aromatic rings. The molecule has 0 saturated heterocycles. The van der Waals surface area contributed by atoms with Crippen LogP contribution in [0.2, 0.25) is 0 Å². The molecule has 0 aliphatic heterocycles. The van der Waals surface area contributed by atoms with Crippen LogP contribution in [0.15, 0.2) is 400 Å². The highest BCUT2D eigenvalue weighted by molar-refractivity contribution is 6.24. The number of hydrogen-bond donors (Lipinski definition) is 0. The summed E-state index contributed by atoms with van der Waals surface area (Å²) >= 11 is 0. The van der Waals surface area contributed by atoms with Gasteiger partial charge in [0, 0.05) is 71.3 Å². The first kappa shape index (κ1) is 63.4. The van der Waals surface area contributed by atoms with Crippen LogP contribution in [0.5, 0.6) is 0 Å². The van der Waals surface area contributed by atoms with Gasteiger partial charge in [-0.3, -0.25) is 0 Å². The molecule has 4 aromatic heterocycles. The molecule has 512 valence electrons. The van der Waals surface area contributed by atoms with E-state index in [1.807, 2.05) is 0 Å². The maximum atomic E-state index is 2.48. The number of aromatic nitrogens is 4. The molecule has 17 aromatic carbocycles. The van der Waals surface area contributed by atoms with Crippen LogP contribution in [0, 0.1) is 0 Å². The van der Waals surface area contributed by atoms with Crippen LogP contribution in [-0.2, 0) is 5.41 Å². The maximum Gasteiger partial charge on any atom is 0.0547 e. The monoisotopic (exact) mass is 1390 g/mol. The predicted octanol–water partition coefficient (Wildman–Crippen LogP) is 28.1. The molecule has 0 bridgehead atoms. The Morgan fingerprint density at radius 1 is 0.165 bits per heavy atom. The second-order valence-corrected chi connectivity index (χ2v) is 29.4. The fourth-order valence-electron chi connectivity index (χ4n) is 18.1. The Hall–Kier alpha value is -14.1. The quantitative estimate of drug-likeness (QED) is 0.130. The van der Waals surface area contributed by atoms with Gasteiger partial charge in [0.05, 0.1) is 44.1 Å². The highest BCUT2D eigenvalue weighted by Gasteiger charge is 2.36. The molecule has 0 atom stereocenters. The van der Waals surface area contributed by atoms with Crippen LogP contribution in [0.25, 0.3) is 188 Å². The van der Waals surface area contributed by atoms with Gasteiger partial charge in [-0.25, -0.2) is 0 Å². The molecular weight excluding hydrogens is 1320 g/mol. The predicted molar refractivity (Wildman–Crippen MR) is 460 cm³/mol. The number of rotatable bonds is 10. The minimum Gasteiger partial charge on any atom is -0.309 e. The Labute approximate surface area is 632 Å². The van der Waals surface area contributed by atoms with Crippen LogP contribution in [-0.4, -0.2) is 18.3 Å². The van der Waals surface area contributed by atoms with Gasteiger partial charge in [-0.05, 0) is 192 Å². The molecule has 0 fully saturated rings. The summed E-state index contributed by atoms with van der Waals surface area (Å²) in [7, 11) is 0. The van der Waals surface area contributed by atoms with Gasteiger partial charge in [-0.2, -0.15) is 0 Å². The van der Waals surface area contributed by atoms with Crippen LogP contribution in [0.4, 0.5) is 0 Å². The van der Waals surface area contributed by atoms with Crippen molar-refractivity contribution in [3.8, 4) is 101 Å². The lowest BCUT2D eigenvalue weighted by molar-refractivity contribution is 0.660. The van der Waals surface area contributed by atoms with Gasteiger partial charge < -0.3 is 18.3 Å². The standard InChI is InChI=1S/C54H36N2.C51H36N2/c1-4-16-37(17-5-1)40-30-32-43(33-31-40)55-49-26-12-10-22-47(49)53-45(24-14-28-51(53)55)46-25-15-29-52-54(46)48-23-11-13-27-50(48)56(52)44-35-41(38-18-6-2-7-19-38)34-42(36-44)39-20-8-3-9-21-39;1-51(2)43-21-9-6-16-37(43)38-31-30-36(32-44(38)51)53-46-23-11-8-18-42(46)50-40(20-13-25-48(50)53)39-19-12-24-47-49(39)41-17-7-10-22-45(41)52(47)35-28-26-34(27-29-35)33-14-4-3-5-15-33/h1-36H;3-32H,1-2H3. The lowest BCUT2D eigenvalue weighted by Gasteiger charge is -2.22. The fourth-order valence-corrected chi connectivity index (χ4v) is 18.1. The summed E-state index contributed by atoms with van der Waals surface area (Å²) < 4.78 is 9.79. The van der Waals surface area contributed by atoms with Crippen LogP contribution < -0.4 is 0 Å². The molecular formula is C105H72N4. The van der Waals surface area contributed by atoms with Crippen molar-refractivity contribution in [3.05, 3.63) is 412 Å². The summed E-state index contributed by atoms with van der Waals surface area (Å²) in [4.78, 5) is 0. The minimum atomic E-state index is -0.0718. The normalized spacial score (nSPS) is 12.4. The van der Waals surface area contributed by atoms with E-state index in [-0.39, 0.29) is 5.41 Å². The summed E-state index contributed by atoms with van der Waals surface area (Å²) in [6.07, 6.45) is 0. The van der Waals surface area contributed by atoms with Crippen molar-refractivity contribution in [3.63, 3.8) is 0 Å². The van der Waals surface area contributed by atoms with Gasteiger partial charge in [0.25, 0.3) is 0 Å². The number of benzene rings is 17. The minimum absolute atomic E-state index is 0.0718. The summed E-state index contributed by atoms with van der Waals surface area (Å²) in [5.41, 5.74) is 34.3. The Kier molecular flexibility index (Phi) is 14.9. The van der Waals surface area contributed by atoms with E-state index in [0.717, 1.165) is 17.1 Å². The zero-order chi connectivity index (χ0) is 72.3. The largest absolute Gasteiger partial charge is 0.309 e. The van der Waals surface area contributed by atoms with Crippen molar-refractivity contribution in [2.24, 2.45) is 0 Å². The number of fused-ring (bicyclic) bond motifs is 15. The van der Waals surface area contributed by atoms with Crippen LogP contribution in [0.1, 0.15) is 25.0 Å². The second-order valence-electron chi connectivity index (χ2n) is 29.4. The molecule has 0 N–H and O–H groups in total. The number of hydrogen-bond acceptors (Lipinski definition) is 0. The molecule has 4 nitrogen and oxygen atoms in total. The first-order valence-corrected chi connectivity index (χ1v) is 37.8. The third-order valence-electron chi connectivity index (χ3n) is 23.1. The van der Waals surface area contributed by atoms with E-state index in [2.05, 4.69) is 432 Å². The maximum absolute atomic E-state index is 2.48. The van der Waals surface area contributed by atoms with E-state index in [9.17, 15) is 0 Å². The molecule has 4 heterocycles. The summed E-state index contributed by atoms with van der Waals surface area (Å²) in [6, 6.07) is 146. The molecule has 109 heavy (non-hydrogen) atoms. The van der Waals surface area contributed by atoms with Gasteiger partial charge in [0.15, 0.2) is 0 Å². The SMILES string of the molecule is CC1(C)c2ccccc2-c2ccc(-n3c4ccccc4c4c(-c5cccc6c5c5ccccc5n6-c5ccc(-c6ccccc6)cc5)cccc43)cc21.c1ccc(-c2ccc(-n3c4ccccc4c4c(-c5cccc6c5c5ccccc5n6-c5cc(-c6ccccc6)cc(-c6ccccc6)c5)cccc43)cc2)cc1. The fraction of sp³-hybridized carbons (Fsp3) is 0.0286. The van der Waals surface area contributed by atoms with E-state index in [0.29, 0.717) is 0 Å². The smallest absolute Gasteiger partial charge is 0.0547 e. The molecule has 0 amide bonds. The van der Waals surface area contributed by atoms with E-state index >= 15 is 0 Å². The Morgan fingerprint density at radius 2 is 0.431 bits per heavy atom. The molecule has 1 aliphatic rings. The summed E-state index contributed by atoms with van der Waals surface area (Å²) in [5.74, 6) is 0. The van der Waals surface area contributed by atoms with Gasteiger partial charge in [0.2, 0.25) is 0 Å². The molecule has 0 unspecified atom stereocenters. The van der Waals surface area contributed by atoms with Crippen molar-refractivity contribution < 1.29 is 0 Å². The van der Waals surface area contributed by atoms with Crippen LogP contribution >= 0.6 is 0 Å². The summed E-state index contributed by atoms with van der Waals surface area (Å²) in [5, 5.41) is 10.1. The zero-order valence-electron chi connectivity index (χ0n) is 60.4. The van der Waals surface area contributed by atoms with E-state index in [1.54, 1.807) is 0 Å². The lowest BCUT2D eigenvalue weighted by atomic mass is 9.82. The van der Waals surface area contributed by atoms with Crippen molar-refractivity contribution in [2.75, 3.05) is 0 Å². The average Bonchev–Trinajstić information content (AvgIpc) is 1.57. The van der Waals surface area contributed by atoms with Crippen molar-refractivity contribution in [1.29, 1.82) is 0 Å². The molecule has 0 spiro atoms. The molecule has 0 saturated carbocycles. The van der Waals surface area contributed by atoms with Crippen molar-refractivity contribution in [2.45, 2.75) is 19.3 Å². The number of para-hydroxylation sites is 4. The molecule has 22 rings (SSSR count). The van der Waals surface area contributed by atoms with E-state index in [4.69, 9.17) is 0 Å². The van der Waals surface area contributed by atoms with E-state index < -0.39 is 0 Å². The molecule has 1 aliphatic carbocycles. The Morgan fingerprint density at radius 3 is 0.807 bits per heavy atom. The zero-order valence-corrected chi connectivity index (χ0v) is 60.4. The third kappa shape index (κ3) is 10.3. The van der Waals surface area contributed by atoms with Gasteiger partial charge >= 0.3 is 0 Å². The Bertz CT molecular complexity index is 7080. The Balaban J connectivity index is 0.000000139. The third-order valence-corrected chi connectivity index (χ3v) is 23.1. The topological polar surface area (TPSA) is 19.7 Å². The summed E-state index contributed by atoms with van der Waals surface area (Å²) in [6.45, 7) is 4.72. The van der Waals surface area contributed by atoms with Gasteiger partial charge in [0.1, 0.15) is 0 Å². The van der Waals surface area contributed by atoms with Crippen LogP contribution in [0.3, 0.4) is 0 Å². The molecule has 0 radical (unpaired) electrons. The highest BCUT2D eigenvalue weighted by atomic mass is 15.0. The highest BCUT2D eigenvalue weighted by Crippen LogP contribution is 2.52. The molecule has 4 heteroatoms. The second kappa shape index (κ2) is 25.6. The first-order chi connectivity index (χ1) is 53.9. The van der Waals surface area contributed by atoms with Gasteiger partial charge in [-0.15, -0.1) is 0 Å².